The largest absolute Gasteiger partial charge is 0.496 e. The average Bonchev–Trinajstić information content (AvgIpc) is 2.35. The van der Waals surface area contributed by atoms with Crippen LogP contribution in [0.5, 0.6) is 5.75 Å². The monoisotopic (exact) mass is 221 g/mol. The van der Waals surface area contributed by atoms with E-state index in [9.17, 15) is 9.59 Å². The van der Waals surface area contributed by atoms with Crippen LogP contribution in [0.25, 0.3) is 0 Å². The molecular formula is C12H15NO3. The van der Waals surface area contributed by atoms with E-state index in [1.165, 1.54) is 0 Å². The fourth-order valence-electron chi connectivity index (χ4n) is 1.41. The molecule has 4 heteroatoms. The molecule has 0 saturated heterocycles. The summed E-state index contributed by atoms with van der Waals surface area (Å²) >= 11 is 0. The highest BCUT2D eigenvalue weighted by atomic mass is 16.5. The van der Waals surface area contributed by atoms with Crippen LogP contribution in [0.4, 0.5) is 0 Å². The summed E-state index contributed by atoms with van der Waals surface area (Å²) in [6, 6.07) is 5.80. The smallest absolute Gasteiger partial charge is 0.284 e. The van der Waals surface area contributed by atoms with E-state index in [2.05, 4.69) is 12.2 Å². The highest BCUT2D eigenvalue weighted by Crippen LogP contribution is 2.19. The zero-order valence-corrected chi connectivity index (χ0v) is 9.45. The molecule has 1 aromatic carbocycles. The number of amides is 1. The summed E-state index contributed by atoms with van der Waals surface area (Å²) in [6.45, 7) is 2.35. The number of aldehydes is 1. The number of aryl methyl sites for hydroxylation is 1. The maximum Gasteiger partial charge on any atom is 0.284 e. The Morgan fingerprint density at radius 2 is 2.25 bits per heavy atom. The molecule has 0 heterocycles. The van der Waals surface area contributed by atoms with Crippen LogP contribution in [0.3, 0.4) is 0 Å². The van der Waals surface area contributed by atoms with Crippen molar-refractivity contribution in [1.29, 1.82) is 0 Å². The second-order valence-electron chi connectivity index (χ2n) is 3.34. The van der Waals surface area contributed by atoms with Gasteiger partial charge in [0.25, 0.3) is 5.91 Å². The van der Waals surface area contributed by atoms with Crippen LogP contribution < -0.4 is 10.1 Å². The summed E-state index contributed by atoms with van der Waals surface area (Å²) in [4.78, 5) is 21.0. The van der Waals surface area contributed by atoms with E-state index in [1.54, 1.807) is 7.11 Å². The molecule has 0 fully saturated rings. The number of rotatable bonds is 5. The van der Waals surface area contributed by atoms with Crippen molar-refractivity contribution in [3.8, 4) is 5.75 Å². The molecule has 0 spiro atoms. The van der Waals surface area contributed by atoms with Gasteiger partial charge in [-0.25, -0.2) is 0 Å². The van der Waals surface area contributed by atoms with E-state index in [0.717, 1.165) is 17.5 Å². The maximum atomic E-state index is 10.8. The zero-order valence-electron chi connectivity index (χ0n) is 9.45. The summed E-state index contributed by atoms with van der Waals surface area (Å²) < 4.78 is 5.17. The Labute approximate surface area is 94.6 Å². The van der Waals surface area contributed by atoms with E-state index in [0.29, 0.717) is 12.3 Å². The molecule has 86 valence electrons. The Hall–Kier alpha value is -1.84. The fraction of sp³-hybridized carbons (Fsp3) is 0.333. The average molecular weight is 221 g/mol. The van der Waals surface area contributed by atoms with Crippen LogP contribution in [0.2, 0.25) is 0 Å². The second kappa shape index (κ2) is 5.90. The van der Waals surface area contributed by atoms with Gasteiger partial charge in [-0.05, 0) is 18.1 Å². The Morgan fingerprint density at radius 3 is 2.81 bits per heavy atom. The number of carbonyl (C=O) groups excluding carboxylic acids is 2. The molecule has 4 nitrogen and oxygen atoms in total. The predicted molar refractivity (Wildman–Crippen MR) is 60.3 cm³/mol. The quantitative estimate of drug-likeness (QED) is 0.597. The highest BCUT2D eigenvalue weighted by Gasteiger charge is 2.05. The standard InChI is InChI=1S/C12H15NO3/c1-3-9-4-5-11(16-2)10(6-9)7-13-12(15)8-14/h4-6,8H,3,7H2,1-2H3,(H,13,15). The lowest BCUT2D eigenvalue weighted by molar-refractivity contribution is -0.131. The van der Waals surface area contributed by atoms with Crippen LogP contribution in [-0.4, -0.2) is 19.3 Å². The third kappa shape index (κ3) is 3.08. The van der Waals surface area contributed by atoms with Gasteiger partial charge in [-0.15, -0.1) is 0 Å². The van der Waals surface area contributed by atoms with E-state index in [1.807, 2.05) is 18.2 Å². The summed E-state index contributed by atoms with van der Waals surface area (Å²) in [5.74, 6) is 0.0901. The van der Waals surface area contributed by atoms with E-state index in [4.69, 9.17) is 4.74 Å². The first-order valence-corrected chi connectivity index (χ1v) is 5.10. The van der Waals surface area contributed by atoms with Crippen molar-refractivity contribution < 1.29 is 14.3 Å². The van der Waals surface area contributed by atoms with Gasteiger partial charge in [0.2, 0.25) is 6.29 Å². The van der Waals surface area contributed by atoms with E-state index < -0.39 is 5.91 Å². The summed E-state index contributed by atoms with van der Waals surface area (Å²) in [5.41, 5.74) is 2.04. The van der Waals surface area contributed by atoms with Gasteiger partial charge in [-0.3, -0.25) is 9.59 Å². The van der Waals surface area contributed by atoms with Crippen LogP contribution in [0, 0.1) is 0 Å². The van der Waals surface area contributed by atoms with Gasteiger partial charge < -0.3 is 10.1 Å². The number of carbonyl (C=O) groups is 2. The SMILES string of the molecule is CCc1ccc(OC)c(CNC(=O)C=O)c1. The molecular weight excluding hydrogens is 206 g/mol. The minimum absolute atomic E-state index is 0.260. The molecule has 0 radical (unpaired) electrons. The number of hydrogen-bond acceptors (Lipinski definition) is 3. The summed E-state index contributed by atoms with van der Waals surface area (Å²) in [7, 11) is 1.58. The third-order valence-electron chi connectivity index (χ3n) is 2.31. The third-order valence-corrected chi connectivity index (χ3v) is 2.31. The minimum atomic E-state index is -0.621. The Morgan fingerprint density at radius 1 is 1.50 bits per heavy atom. The first kappa shape index (κ1) is 12.2. The van der Waals surface area contributed by atoms with Crippen molar-refractivity contribution in [2.75, 3.05) is 7.11 Å². The maximum absolute atomic E-state index is 10.8. The van der Waals surface area contributed by atoms with E-state index >= 15 is 0 Å². The van der Waals surface area contributed by atoms with Crippen molar-refractivity contribution in [2.45, 2.75) is 19.9 Å². The first-order valence-electron chi connectivity index (χ1n) is 5.10. The van der Waals surface area contributed by atoms with Gasteiger partial charge in [0.1, 0.15) is 5.75 Å². The van der Waals surface area contributed by atoms with Crippen molar-refractivity contribution in [2.24, 2.45) is 0 Å². The normalized spacial score (nSPS) is 9.62. The molecule has 0 aliphatic heterocycles. The molecule has 16 heavy (non-hydrogen) atoms. The lowest BCUT2D eigenvalue weighted by atomic mass is 10.1. The van der Waals surface area contributed by atoms with Gasteiger partial charge in [0, 0.05) is 12.1 Å². The fourth-order valence-corrected chi connectivity index (χ4v) is 1.41. The molecule has 0 unspecified atom stereocenters. The zero-order chi connectivity index (χ0) is 12.0. The molecule has 0 aliphatic carbocycles. The van der Waals surface area contributed by atoms with Gasteiger partial charge in [0.05, 0.1) is 7.11 Å². The lowest BCUT2D eigenvalue weighted by Crippen LogP contribution is -2.23. The molecule has 1 rings (SSSR count). The number of ether oxygens (including phenoxy) is 1. The molecule has 0 aliphatic rings. The van der Waals surface area contributed by atoms with Crippen LogP contribution in [-0.2, 0) is 22.6 Å². The van der Waals surface area contributed by atoms with Crippen LogP contribution >= 0.6 is 0 Å². The number of benzene rings is 1. The van der Waals surface area contributed by atoms with Gasteiger partial charge in [0.15, 0.2) is 0 Å². The summed E-state index contributed by atoms with van der Waals surface area (Å²) in [5, 5.41) is 2.49. The molecule has 1 amide bonds. The van der Waals surface area contributed by atoms with Gasteiger partial charge in [-0.2, -0.15) is 0 Å². The second-order valence-corrected chi connectivity index (χ2v) is 3.34. The number of hydrogen-bond donors (Lipinski definition) is 1. The molecule has 1 aromatic rings. The van der Waals surface area contributed by atoms with Crippen molar-refractivity contribution in [3.05, 3.63) is 29.3 Å². The first-order chi connectivity index (χ1) is 7.71. The summed E-state index contributed by atoms with van der Waals surface area (Å²) in [6.07, 6.45) is 1.18. The van der Waals surface area contributed by atoms with Gasteiger partial charge >= 0.3 is 0 Å². The molecule has 0 saturated carbocycles. The predicted octanol–water partition coefficient (Wildman–Crippen LogP) is 1.07. The molecule has 1 N–H and O–H groups in total. The Bertz CT molecular complexity index is 388. The van der Waals surface area contributed by atoms with Gasteiger partial charge in [-0.1, -0.05) is 19.1 Å². The molecule has 0 atom stereocenters. The van der Waals surface area contributed by atoms with E-state index in [-0.39, 0.29) is 6.29 Å². The lowest BCUT2D eigenvalue weighted by Gasteiger charge is -2.10. The van der Waals surface area contributed by atoms with Crippen LogP contribution in [0.15, 0.2) is 18.2 Å². The number of methoxy groups -OCH3 is 1. The Balaban J connectivity index is 2.82. The molecule has 0 aromatic heterocycles. The van der Waals surface area contributed by atoms with Crippen molar-refractivity contribution in [3.63, 3.8) is 0 Å². The van der Waals surface area contributed by atoms with Crippen molar-refractivity contribution >= 4 is 12.2 Å². The highest BCUT2D eigenvalue weighted by molar-refractivity contribution is 6.23. The topological polar surface area (TPSA) is 55.4 Å². The van der Waals surface area contributed by atoms with Crippen molar-refractivity contribution in [1.82, 2.24) is 5.32 Å². The molecule has 0 bridgehead atoms. The minimum Gasteiger partial charge on any atom is -0.496 e. The number of nitrogens with one attached hydrogen (secondary N) is 1. The Kier molecular flexibility index (Phi) is 4.51. The van der Waals surface area contributed by atoms with Crippen LogP contribution in [0.1, 0.15) is 18.1 Å².